The average molecular weight is 727 g/mol. The van der Waals surface area contributed by atoms with Crippen molar-refractivity contribution in [2.24, 2.45) is 4.99 Å². The summed E-state index contributed by atoms with van der Waals surface area (Å²) in [6.07, 6.45) is 0.761. The van der Waals surface area contributed by atoms with Crippen LogP contribution < -0.4 is 15.2 Å². The van der Waals surface area contributed by atoms with Crippen LogP contribution in [-0.4, -0.2) is 73.0 Å². The molecule has 0 radical (unpaired) electrons. The molecule has 2 aromatic heterocycles. The van der Waals surface area contributed by atoms with Crippen molar-refractivity contribution in [1.29, 1.82) is 0 Å². The molecular formula is C43H42N4O7. The number of ether oxygens (including phenoxy) is 4. The molecule has 0 bridgehead atoms. The number of hydrogen-bond donors (Lipinski definition) is 1. The summed E-state index contributed by atoms with van der Waals surface area (Å²) in [6.45, 7) is -0.0104. The summed E-state index contributed by atoms with van der Waals surface area (Å²) < 4.78 is 32.1. The van der Waals surface area contributed by atoms with Crippen LogP contribution in [0.3, 0.4) is 0 Å². The molecule has 0 aliphatic carbocycles. The number of furan rings is 1. The SMILES string of the molecule is COc1ccc(C(OC[C@H]2O[C@@H](n3cc(-c4ccc(-c5ccccc5)o4)c(N=CN(C)C)nc3=O)C[C@@H]2O)(c2ccccc2)c2ccc(OC)cc2)cc1. The smallest absolute Gasteiger partial charge is 0.351 e. The second kappa shape index (κ2) is 15.9. The van der Waals surface area contributed by atoms with Gasteiger partial charge < -0.3 is 33.4 Å². The number of benzene rings is 4. The second-order valence-corrected chi connectivity index (χ2v) is 13.2. The zero-order chi connectivity index (χ0) is 37.7. The van der Waals surface area contributed by atoms with E-state index in [1.807, 2.05) is 135 Å². The maximum absolute atomic E-state index is 13.6. The predicted octanol–water partition coefficient (Wildman–Crippen LogP) is 7.07. The molecule has 1 aliphatic heterocycles. The van der Waals surface area contributed by atoms with Gasteiger partial charge in [-0.2, -0.15) is 4.98 Å². The summed E-state index contributed by atoms with van der Waals surface area (Å²) in [4.78, 5) is 24.2. The van der Waals surface area contributed by atoms with Crippen LogP contribution in [-0.2, 0) is 15.1 Å². The second-order valence-electron chi connectivity index (χ2n) is 13.2. The Morgan fingerprint density at radius 1 is 0.833 bits per heavy atom. The van der Waals surface area contributed by atoms with Crippen LogP contribution in [0.5, 0.6) is 11.5 Å². The molecule has 1 fully saturated rings. The molecule has 54 heavy (non-hydrogen) atoms. The third-order valence-electron chi connectivity index (χ3n) is 9.42. The lowest BCUT2D eigenvalue weighted by molar-refractivity contribution is -0.0943. The fourth-order valence-electron chi connectivity index (χ4n) is 6.67. The van der Waals surface area contributed by atoms with E-state index in [9.17, 15) is 9.90 Å². The quantitative estimate of drug-likeness (QED) is 0.0757. The molecule has 11 heteroatoms. The molecule has 0 spiro atoms. The highest BCUT2D eigenvalue weighted by Crippen LogP contribution is 2.43. The summed E-state index contributed by atoms with van der Waals surface area (Å²) in [7, 11) is 6.91. The molecule has 4 aromatic carbocycles. The summed E-state index contributed by atoms with van der Waals surface area (Å²) in [6, 6.07) is 38.7. The standard InChI is InChI=1S/C43H42N4O7/c1-46(2)28-44-41-35(38-24-23-37(53-38)29-11-7-5-8-12-29)26-47(42(49)45-41)40-25-36(48)39(54-40)27-52-43(30-13-9-6-10-14-30,31-15-19-33(50-3)20-16-31)32-17-21-34(51-4)22-18-32/h5-24,26,28,36,39-40,48H,25,27H2,1-4H3/t36-,39+,40+/m0/s1. The molecule has 0 saturated carbocycles. The van der Waals surface area contributed by atoms with Crippen molar-refractivity contribution in [3.8, 4) is 34.1 Å². The molecule has 0 unspecified atom stereocenters. The van der Waals surface area contributed by atoms with Crippen molar-refractivity contribution in [1.82, 2.24) is 14.5 Å². The van der Waals surface area contributed by atoms with Crippen LogP contribution >= 0.6 is 0 Å². The van der Waals surface area contributed by atoms with Crippen LogP contribution in [0.25, 0.3) is 22.6 Å². The zero-order valence-corrected chi connectivity index (χ0v) is 30.5. The average Bonchev–Trinajstić information content (AvgIpc) is 3.85. The van der Waals surface area contributed by atoms with Gasteiger partial charge in [-0.15, -0.1) is 0 Å². The molecule has 1 aliphatic rings. The molecule has 276 valence electrons. The van der Waals surface area contributed by atoms with Crippen molar-refractivity contribution in [2.75, 3.05) is 34.9 Å². The van der Waals surface area contributed by atoms with E-state index in [2.05, 4.69) is 9.98 Å². The molecule has 7 rings (SSSR count). The normalized spacial score (nSPS) is 17.2. The Labute approximate surface area is 313 Å². The van der Waals surface area contributed by atoms with Gasteiger partial charge in [0.2, 0.25) is 0 Å². The van der Waals surface area contributed by atoms with Gasteiger partial charge in [0.1, 0.15) is 41.0 Å². The van der Waals surface area contributed by atoms with Crippen LogP contribution in [0.4, 0.5) is 5.82 Å². The van der Waals surface area contributed by atoms with Crippen LogP contribution in [0.2, 0.25) is 0 Å². The number of aliphatic hydroxyl groups excluding tert-OH is 1. The number of nitrogens with zero attached hydrogens (tertiary/aromatic N) is 4. The fourth-order valence-corrected chi connectivity index (χ4v) is 6.67. The number of aliphatic imine (C=N–C) groups is 1. The highest BCUT2D eigenvalue weighted by molar-refractivity contribution is 5.74. The minimum Gasteiger partial charge on any atom is -0.497 e. The van der Waals surface area contributed by atoms with Gasteiger partial charge in [-0.25, -0.2) is 9.79 Å². The fraction of sp³-hybridized carbons (Fsp3) is 0.233. The molecule has 1 saturated heterocycles. The third kappa shape index (κ3) is 7.42. The lowest BCUT2D eigenvalue weighted by Crippen LogP contribution is -2.38. The molecule has 3 atom stereocenters. The monoisotopic (exact) mass is 726 g/mol. The summed E-state index contributed by atoms with van der Waals surface area (Å²) in [5.41, 5.74) is 2.27. The highest BCUT2D eigenvalue weighted by Gasteiger charge is 2.42. The Morgan fingerprint density at radius 2 is 1.41 bits per heavy atom. The van der Waals surface area contributed by atoms with Crippen LogP contribution in [0.1, 0.15) is 29.3 Å². The van der Waals surface area contributed by atoms with E-state index in [-0.39, 0.29) is 18.8 Å². The van der Waals surface area contributed by atoms with E-state index in [0.717, 1.165) is 22.3 Å². The molecule has 6 aromatic rings. The maximum Gasteiger partial charge on any atom is 0.351 e. The largest absolute Gasteiger partial charge is 0.497 e. The third-order valence-corrected chi connectivity index (χ3v) is 9.42. The Bertz CT molecular complexity index is 2190. The predicted molar refractivity (Wildman–Crippen MR) is 206 cm³/mol. The molecule has 3 heterocycles. The molecule has 0 amide bonds. The maximum atomic E-state index is 13.6. The van der Waals surface area contributed by atoms with Gasteiger partial charge in [-0.1, -0.05) is 84.9 Å². The van der Waals surface area contributed by atoms with Crippen molar-refractivity contribution >= 4 is 12.2 Å². The first kappa shape index (κ1) is 36.4. The van der Waals surface area contributed by atoms with Crippen molar-refractivity contribution in [2.45, 2.75) is 30.5 Å². The van der Waals surface area contributed by atoms with E-state index < -0.39 is 29.7 Å². The van der Waals surface area contributed by atoms with E-state index in [1.54, 1.807) is 31.7 Å². The summed E-state index contributed by atoms with van der Waals surface area (Å²) >= 11 is 0. The molecule has 1 N–H and O–H groups in total. The minimum absolute atomic E-state index is 0.0104. The van der Waals surface area contributed by atoms with Gasteiger partial charge in [0.05, 0.1) is 38.8 Å². The number of aliphatic hydroxyl groups is 1. The first-order valence-electron chi connectivity index (χ1n) is 17.6. The van der Waals surface area contributed by atoms with Gasteiger partial charge in [-0.3, -0.25) is 4.57 Å². The van der Waals surface area contributed by atoms with Crippen molar-refractivity contribution in [3.63, 3.8) is 0 Å². The van der Waals surface area contributed by atoms with Crippen molar-refractivity contribution < 1.29 is 28.5 Å². The highest BCUT2D eigenvalue weighted by atomic mass is 16.6. The summed E-state index contributed by atoms with van der Waals surface area (Å²) in [5.74, 6) is 2.74. The zero-order valence-electron chi connectivity index (χ0n) is 30.5. The van der Waals surface area contributed by atoms with Crippen LogP contribution in [0, 0.1) is 0 Å². The van der Waals surface area contributed by atoms with E-state index in [4.69, 9.17) is 23.4 Å². The first-order chi connectivity index (χ1) is 26.3. The van der Waals surface area contributed by atoms with Gasteiger partial charge in [-0.05, 0) is 53.1 Å². The lowest BCUT2D eigenvalue weighted by atomic mass is 9.80. The topological polar surface area (TPSA) is 121 Å². The number of rotatable bonds is 13. The number of aromatic nitrogens is 2. The minimum atomic E-state index is -1.12. The van der Waals surface area contributed by atoms with E-state index in [1.165, 1.54) is 4.57 Å². The lowest BCUT2D eigenvalue weighted by Gasteiger charge is -2.37. The van der Waals surface area contributed by atoms with E-state index in [0.29, 0.717) is 28.6 Å². The Kier molecular flexibility index (Phi) is 10.7. The van der Waals surface area contributed by atoms with Crippen LogP contribution in [0.15, 0.2) is 142 Å². The first-order valence-corrected chi connectivity index (χ1v) is 17.6. The number of methoxy groups -OCH3 is 2. The summed E-state index contributed by atoms with van der Waals surface area (Å²) in [5, 5.41) is 11.5. The van der Waals surface area contributed by atoms with Gasteiger partial charge in [0.15, 0.2) is 5.82 Å². The van der Waals surface area contributed by atoms with Gasteiger partial charge in [0, 0.05) is 32.3 Å². The Morgan fingerprint density at radius 3 is 2.00 bits per heavy atom. The van der Waals surface area contributed by atoms with Gasteiger partial charge in [0.25, 0.3) is 0 Å². The van der Waals surface area contributed by atoms with Crippen molar-refractivity contribution in [3.05, 3.63) is 155 Å². The molecular weight excluding hydrogens is 684 g/mol. The van der Waals surface area contributed by atoms with E-state index >= 15 is 0 Å². The molecule has 11 nitrogen and oxygen atoms in total. The van der Waals surface area contributed by atoms with Gasteiger partial charge >= 0.3 is 5.69 Å². The number of hydrogen-bond acceptors (Lipinski definition) is 9. The Hall–Kier alpha value is -6.01. The Balaban J connectivity index is 1.23.